The third kappa shape index (κ3) is 6.33. The zero-order valence-corrected chi connectivity index (χ0v) is 20.1. The summed E-state index contributed by atoms with van der Waals surface area (Å²) in [6.07, 6.45) is 0. The maximum Gasteiger partial charge on any atom is 0.257 e. The monoisotopic (exact) mass is 514 g/mol. The van der Waals surface area contributed by atoms with Crippen LogP contribution in [0.25, 0.3) is 11.1 Å². The first-order chi connectivity index (χ1) is 16.0. The minimum Gasteiger partial charge on any atom is -0.325 e. The van der Waals surface area contributed by atoms with Crippen molar-refractivity contribution in [1.29, 1.82) is 0 Å². The van der Waals surface area contributed by atoms with E-state index in [4.69, 9.17) is 23.2 Å². The van der Waals surface area contributed by atoms with Crippen molar-refractivity contribution in [3.8, 4) is 11.1 Å². The van der Waals surface area contributed by atoms with Gasteiger partial charge in [-0.3, -0.25) is 14.9 Å². The highest BCUT2D eigenvalue weighted by atomic mass is 35.5. The summed E-state index contributed by atoms with van der Waals surface area (Å²) in [5.41, 5.74) is 3.18. The van der Waals surface area contributed by atoms with Gasteiger partial charge in [-0.05, 0) is 41.5 Å². The Morgan fingerprint density at radius 2 is 1.58 bits per heavy atom. The first-order valence-corrected chi connectivity index (χ1v) is 12.2. The summed E-state index contributed by atoms with van der Waals surface area (Å²) < 4.78 is 0.564. The molecule has 33 heavy (non-hydrogen) atoms. The molecule has 0 bridgehead atoms. The first kappa shape index (κ1) is 23.3. The van der Waals surface area contributed by atoms with Crippen LogP contribution in [-0.4, -0.2) is 27.8 Å². The molecule has 0 radical (unpaired) electrons. The van der Waals surface area contributed by atoms with E-state index in [0.29, 0.717) is 30.8 Å². The number of anilines is 2. The second-order valence-electron chi connectivity index (χ2n) is 6.74. The molecule has 0 saturated carbocycles. The molecule has 2 amide bonds. The van der Waals surface area contributed by atoms with Crippen molar-refractivity contribution in [2.75, 3.05) is 16.4 Å². The average molecular weight is 515 g/mol. The van der Waals surface area contributed by atoms with Crippen molar-refractivity contribution in [2.24, 2.45) is 0 Å². The highest BCUT2D eigenvalue weighted by molar-refractivity contribution is 8.01. The van der Waals surface area contributed by atoms with Gasteiger partial charge in [0.25, 0.3) is 5.91 Å². The summed E-state index contributed by atoms with van der Waals surface area (Å²) in [6, 6.07) is 22.1. The number of benzene rings is 3. The summed E-state index contributed by atoms with van der Waals surface area (Å²) in [6.45, 7) is 0. The molecule has 4 aromatic rings. The second kappa shape index (κ2) is 10.8. The summed E-state index contributed by atoms with van der Waals surface area (Å²) in [4.78, 5) is 24.7. The maximum atomic E-state index is 12.5. The van der Waals surface area contributed by atoms with E-state index >= 15 is 0 Å². The van der Waals surface area contributed by atoms with Crippen LogP contribution in [0.2, 0.25) is 10.0 Å². The van der Waals surface area contributed by atoms with Gasteiger partial charge < -0.3 is 5.32 Å². The fourth-order valence-corrected chi connectivity index (χ4v) is 4.68. The Morgan fingerprint density at radius 1 is 0.848 bits per heavy atom. The molecule has 6 nitrogen and oxygen atoms in total. The summed E-state index contributed by atoms with van der Waals surface area (Å²) in [7, 11) is 0. The standard InChI is InChI=1S/C23H16Cl2N4O2S2/c24-18-11-10-17(12-19(18)25)26-20(30)13-32-23-29-28-22(33-23)27-21(31)16-8-6-15(7-9-16)14-4-2-1-3-5-14/h1-12H,13H2,(H,26,30)(H,27,28,31). The molecule has 3 aromatic carbocycles. The minimum absolute atomic E-state index is 0.129. The molecule has 10 heteroatoms. The molecule has 4 rings (SSSR count). The topological polar surface area (TPSA) is 84.0 Å². The fourth-order valence-electron chi connectivity index (χ4n) is 2.83. The highest BCUT2D eigenvalue weighted by Gasteiger charge is 2.13. The number of halogens is 2. The largest absolute Gasteiger partial charge is 0.325 e. The Bertz CT molecular complexity index is 1280. The number of carbonyl (C=O) groups excluding carboxylic acids is 2. The van der Waals surface area contributed by atoms with E-state index in [1.54, 1.807) is 30.3 Å². The predicted octanol–water partition coefficient (Wildman–Crippen LogP) is 6.50. The Labute approximate surface area is 208 Å². The van der Waals surface area contributed by atoms with Gasteiger partial charge in [-0.1, -0.05) is 88.8 Å². The van der Waals surface area contributed by atoms with E-state index < -0.39 is 0 Å². The Hall–Kier alpha value is -2.91. The Morgan fingerprint density at radius 3 is 2.30 bits per heavy atom. The van der Waals surface area contributed by atoms with Gasteiger partial charge in [0.15, 0.2) is 4.34 Å². The Balaban J connectivity index is 1.29. The second-order valence-corrected chi connectivity index (χ2v) is 9.75. The third-order valence-corrected chi connectivity index (χ3v) is 7.12. The van der Waals surface area contributed by atoms with E-state index in [-0.39, 0.29) is 17.6 Å². The van der Waals surface area contributed by atoms with E-state index in [2.05, 4.69) is 20.8 Å². The third-order valence-electron chi connectivity index (χ3n) is 4.41. The quantitative estimate of drug-likeness (QED) is 0.217. The zero-order valence-electron chi connectivity index (χ0n) is 16.9. The van der Waals surface area contributed by atoms with Gasteiger partial charge in [-0.2, -0.15) is 0 Å². The molecule has 0 unspecified atom stereocenters. The van der Waals surface area contributed by atoms with Gasteiger partial charge in [0.2, 0.25) is 11.0 Å². The van der Waals surface area contributed by atoms with Crippen molar-refractivity contribution in [3.63, 3.8) is 0 Å². The van der Waals surface area contributed by atoms with Crippen LogP contribution in [0.15, 0.2) is 77.1 Å². The van der Waals surface area contributed by atoms with Crippen LogP contribution in [0.5, 0.6) is 0 Å². The molecule has 1 aromatic heterocycles. The molecule has 2 N–H and O–H groups in total. The summed E-state index contributed by atoms with van der Waals surface area (Å²) in [5.74, 6) is -0.374. The molecule has 0 aliphatic heterocycles. The summed E-state index contributed by atoms with van der Waals surface area (Å²) in [5, 5.41) is 14.6. The minimum atomic E-state index is -0.278. The van der Waals surface area contributed by atoms with E-state index in [1.807, 2.05) is 42.5 Å². The molecule has 0 atom stereocenters. The van der Waals surface area contributed by atoms with Gasteiger partial charge in [-0.15, -0.1) is 10.2 Å². The first-order valence-electron chi connectivity index (χ1n) is 9.66. The normalized spacial score (nSPS) is 10.6. The van der Waals surface area contributed by atoms with E-state index in [0.717, 1.165) is 11.1 Å². The number of rotatable bonds is 7. The average Bonchev–Trinajstić information content (AvgIpc) is 3.28. The number of thioether (sulfide) groups is 1. The number of aromatic nitrogens is 2. The van der Waals surface area contributed by atoms with Crippen molar-refractivity contribution < 1.29 is 9.59 Å². The van der Waals surface area contributed by atoms with Crippen molar-refractivity contribution in [1.82, 2.24) is 10.2 Å². The smallest absolute Gasteiger partial charge is 0.257 e. The predicted molar refractivity (Wildman–Crippen MR) is 136 cm³/mol. The molecule has 0 fully saturated rings. The van der Waals surface area contributed by atoms with E-state index in [1.165, 1.54) is 23.1 Å². The number of carbonyl (C=O) groups is 2. The van der Waals surface area contributed by atoms with Gasteiger partial charge >= 0.3 is 0 Å². The van der Waals surface area contributed by atoms with Crippen molar-refractivity contribution >= 4 is 68.9 Å². The van der Waals surface area contributed by atoms with Gasteiger partial charge in [0.1, 0.15) is 0 Å². The molecule has 166 valence electrons. The number of hydrogen-bond acceptors (Lipinski definition) is 6. The van der Waals surface area contributed by atoms with Crippen LogP contribution in [0.1, 0.15) is 10.4 Å². The van der Waals surface area contributed by atoms with Crippen molar-refractivity contribution in [2.45, 2.75) is 4.34 Å². The lowest BCUT2D eigenvalue weighted by Crippen LogP contribution is -2.13. The molecule has 0 spiro atoms. The van der Waals surface area contributed by atoms with Crippen LogP contribution in [-0.2, 0) is 4.79 Å². The molecule has 1 heterocycles. The fraction of sp³-hybridized carbons (Fsp3) is 0.0435. The highest BCUT2D eigenvalue weighted by Crippen LogP contribution is 2.28. The van der Waals surface area contributed by atoms with Gasteiger partial charge in [0, 0.05) is 11.3 Å². The molecule has 0 aliphatic rings. The SMILES string of the molecule is O=C(CSc1nnc(NC(=O)c2ccc(-c3ccccc3)cc2)s1)Nc1ccc(Cl)c(Cl)c1. The lowest BCUT2D eigenvalue weighted by molar-refractivity contribution is -0.113. The van der Waals surface area contributed by atoms with Crippen LogP contribution >= 0.6 is 46.3 Å². The van der Waals surface area contributed by atoms with Gasteiger partial charge in [0.05, 0.1) is 15.8 Å². The molecule has 0 saturated heterocycles. The van der Waals surface area contributed by atoms with Crippen LogP contribution in [0.4, 0.5) is 10.8 Å². The number of nitrogens with zero attached hydrogens (tertiary/aromatic N) is 2. The lowest BCUT2D eigenvalue weighted by Gasteiger charge is -2.05. The number of hydrogen-bond donors (Lipinski definition) is 2. The molecular formula is C23H16Cl2N4O2S2. The molecular weight excluding hydrogens is 499 g/mol. The lowest BCUT2D eigenvalue weighted by atomic mass is 10.0. The van der Waals surface area contributed by atoms with Crippen LogP contribution in [0.3, 0.4) is 0 Å². The number of amides is 2. The van der Waals surface area contributed by atoms with E-state index in [9.17, 15) is 9.59 Å². The maximum absolute atomic E-state index is 12.5. The van der Waals surface area contributed by atoms with Crippen LogP contribution in [0, 0.1) is 0 Å². The molecule has 0 aliphatic carbocycles. The Kier molecular flexibility index (Phi) is 7.61. The summed E-state index contributed by atoms with van der Waals surface area (Å²) >= 11 is 14.3. The van der Waals surface area contributed by atoms with Crippen LogP contribution < -0.4 is 10.6 Å². The number of nitrogens with one attached hydrogen (secondary N) is 2. The van der Waals surface area contributed by atoms with Gasteiger partial charge in [-0.25, -0.2) is 0 Å². The zero-order chi connectivity index (χ0) is 23.2. The van der Waals surface area contributed by atoms with Crippen molar-refractivity contribution in [3.05, 3.63) is 88.4 Å².